The molecule has 2 aromatic heterocycles. The van der Waals surface area contributed by atoms with Crippen LogP contribution in [0.2, 0.25) is 5.02 Å². The highest BCUT2D eigenvalue weighted by atomic mass is 35.5. The molecular weight excluding hydrogens is 366 g/mol. The molecular formula is C20H22ClN3OS. The Morgan fingerprint density at radius 3 is 2.65 bits per heavy atom. The lowest BCUT2D eigenvalue weighted by molar-refractivity contribution is -0.133. The van der Waals surface area contributed by atoms with Gasteiger partial charge in [-0.2, -0.15) is 0 Å². The molecule has 1 aliphatic rings. The summed E-state index contributed by atoms with van der Waals surface area (Å²) in [7, 11) is 0. The summed E-state index contributed by atoms with van der Waals surface area (Å²) < 4.78 is 2.13. The minimum Gasteiger partial charge on any atom is -0.339 e. The van der Waals surface area contributed by atoms with Crippen molar-refractivity contribution in [3.63, 3.8) is 0 Å². The molecule has 1 amide bonds. The van der Waals surface area contributed by atoms with Gasteiger partial charge < -0.3 is 14.4 Å². The van der Waals surface area contributed by atoms with E-state index >= 15 is 0 Å². The predicted molar refractivity (Wildman–Crippen MR) is 109 cm³/mol. The number of piperazine rings is 1. The lowest BCUT2D eigenvalue weighted by atomic mass is 10.2. The lowest BCUT2D eigenvalue weighted by Gasteiger charge is -2.34. The van der Waals surface area contributed by atoms with Gasteiger partial charge in [0.15, 0.2) is 0 Å². The van der Waals surface area contributed by atoms with E-state index in [4.69, 9.17) is 11.6 Å². The fourth-order valence-corrected chi connectivity index (χ4v) is 4.52. The second-order valence-corrected chi connectivity index (χ2v) is 8.00. The van der Waals surface area contributed by atoms with Gasteiger partial charge in [0.2, 0.25) is 5.91 Å². The molecule has 0 unspecified atom stereocenters. The Morgan fingerprint density at radius 1 is 1.15 bits per heavy atom. The third-order valence-electron chi connectivity index (χ3n) is 5.10. The van der Waals surface area contributed by atoms with Crippen molar-refractivity contribution in [3.8, 4) is 10.6 Å². The molecule has 0 saturated carbocycles. The number of amides is 1. The fourth-order valence-electron chi connectivity index (χ4n) is 3.59. The van der Waals surface area contributed by atoms with E-state index in [2.05, 4.69) is 33.9 Å². The van der Waals surface area contributed by atoms with Gasteiger partial charge in [0.05, 0.1) is 10.6 Å². The zero-order valence-corrected chi connectivity index (χ0v) is 16.4. The van der Waals surface area contributed by atoms with Crippen molar-refractivity contribution in [2.24, 2.45) is 0 Å². The summed E-state index contributed by atoms with van der Waals surface area (Å²) >= 11 is 7.86. The van der Waals surface area contributed by atoms with E-state index in [9.17, 15) is 4.79 Å². The molecule has 3 heterocycles. The molecule has 1 fully saturated rings. The van der Waals surface area contributed by atoms with Gasteiger partial charge in [-0.1, -0.05) is 24.6 Å². The van der Waals surface area contributed by atoms with Crippen molar-refractivity contribution in [2.45, 2.75) is 13.5 Å². The summed E-state index contributed by atoms with van der Waals surface area (Å²) in [6.07, 6.45) is 0. The van der Waals surface area contributed by atoms with E-state index in [1.165, 1.54) is 4.88 Å². The quantitative estimate of drug-likeness (QED) is 0.671. The first-order valence-electron chi connectivity index (χ1n) is 8.98. The third-order valence-corrected chi connectivity index (χ3v) is 6.23. The van der Waals surface area contributed by atoms with E-state index in [1.807, 2.05) is 29.2 Å². The number of carbonyl (C=O) groups is 1. The van der Waals surface area contributed by atoms with Gasteiger partial charge in [0.25, 0.3) is 0 Å². The SMILES string of the molecule is CCN1CCN(C(=O)Cn2c(-c3cccs3)cc3cc(Cl)ccc32)CC1. The Kier molecular flexibility index (Phi) is 5.02. The minimum atomic E-state index is 0.186. The lowest BCUT2D eigenvalue weighted by Crippen LogP contribution is -2.49. The summed E-state index contributed by atoms with van der Waals surface area (Å²) in [5.41, 5.74) is 2.14. The van der Waals surface area contributed by atoms with Gasteiger partial charge in [0, 0.05) is 42.1 Å². The second-order valence-electron chi connectivity index (χ2n) is 6.61. The van der Waals surface area contributed by atoms with Crippen molar-refractivity contribution >= 4 is 39.7 Å². The molecule has 0 N–H and O–H groups in total. The number of thiophene rings is 1. The smallest absolute Gasteiger partial charge is 0.242 e. The summed E-state index contributed by atoms with van der Waals surface area (Å²) in [4.78, 5) is 18.5. The van der Waals surface area contributed by atoms with Crippen LogP contribution < -0.4 is 0 Å². The molecule has 1 saturated heterocycles. The van der Waals surface area contributed by atoms with Crippen LogP contribution in [0.5, 0.6) is 0 Å². The molecule has 0 bridgehead atoms. The number of nitrogens with zero attached hydrogens (tertiary/aromatic N) is 3. The van der Waals surface area contributed by atoms with Crippen molar-refractivity contribution < 1.29 is 4.79 Å². The molecule has 1 aromatic carbocycles. The zero-order valence-electron chi connectivity index (χ0n) is 14.8. The highest BCUT2D eigenvalue weighted by Gasteiger charge is 2.22. The maximum Gasteiger partial charge on any atom is 0.242 e. The topological polar surface area (TPSA) is 28.5 Å². The van der Waals surface area contributed by atoms with Crippen LogP contribution in [-0.2, 0) is 11.3 Å². The van der Waals surface area contributed by atoms with E-state index in [0.29, 0.717) is 6.54 Å². The first-order valence-corrected chi connectivity index (χ1v) is 10.2. The minimum absolute atomic E-state index is 0.186. The molecule has 0 atom stereocenters. The van der Waals surface area contributed by atoms with Crippen LogP contribution in [0, 0.1) is 0 Å². The maximum absolute atomic E-state index is 13.0. The highest BCUT2D eigenvalue weighted by molar-refractivity contribution is 7.13. The van der Waals surface area contributed by atoms with Crippen LogP contribution in [0.4, 0.5) is 0 Å². The first-order chi connectivity index (χ1) is 12.7. The monoisotopic (exact) mass is 387 g/mol. The summed E-state index contributed by atoms with van der Waals surface area (Å²) in [6.45, 7) is 7.13. The molecule has 136 valence electrons. The van der Waals surface area contributed by atoms with Gasteiger partial charge in [-0.25, -0.2) is 0 Å². The molecule has 26 heavy (non-hydrogen) atoms. The Morgan fingerprint density at radius 2 is 1.96 bits per heavy atom. The van der Waals surface area contributed by atoms with E-state index < -0.39 is 0 Å². The standard InChI is InChI=1S/C20H22ClN3OS/c1-2-22-7-9-23(10-8-22)20(25)14-24-17-6-5-16(21)12-15(17)13-18(24)19-4-3-11-26-19/h3-6,11-13H,2,7-10,14H2,1H3. The second kappa shape index (κ2) is 7.43. The van der Waals surface area contributed by atoms with Crippen LogP contribution in [0.3, 0.4) is 0 Å². The van der Waals surface area contributed by atoms with Crippen molar-refractivity contribution in [1.82, 2.24) is 14.4 Å². The van der Waals surface area contributed by atoms with E-state index in [0.717, 1.165) is 54.3 Å². The third kappa shape index (κ3) is 3.39. The summed E-state index contributed by atoms with van der Waals surface area (Å²) in [5.74, 6) is 0.186. The number of aromatic nitrogens is 1. The number of hydrogen-bond acceptors (Lipinski definition) is 3. The molecule has 4 rings (SSSR count). The zero-order chi connectivity index (χ0) is 18.1. The largest absolute Gasteiger partial charge is 0.339 e. The molecule has 0 aliphatic carbocycles. The van der Waals surface area contributed by atoms with Gasteiger partial charge in [-0.15, -0.1) is 11.3 Å². The van der Waals surface area contributed by atoms with Crippen molar-refractivity contribution in [2.75, 3.05) is 32.7 Å². The average Bonchev–Trinajstić information content (AvgIpc) is 3.29. The van der Waals surface area contributed by atoms with E-state index in [-0.39, 0.29) is 5.91 Å². The van der Waals surface area contributed by atoms with Gasteiger partial charge in [-0.05, 0) is 42.3 Å². The average molecular weight is 388 g/mol. The van der Waals surface area contributed by atoms with Gasteiger partial charge >= 0.3 is 0 Å². The first kappa shape index (κ1) is 17.6. The van der Waals surface area contributed by atoms with Crippen LogP contribution in [-0.4, -0.2) is 53.0 Å². The van der Waals surface area contributed by atoms with Crippen LogP contribution in [0.1, 0.15) is 6.92 Å². The fraction of sp³-hybridized carbons (Fsp3) is 0.350. The Bertz CT molecular complexity index is 911. The number of benzene rings is 1. The Hall–Kier alpha value is -1.82. The van der Waals surface area contributed by atoms with E-state index in [1.54, 1.807) is 11.3 Å². The molecule has 4 nitrogen and oxygen atoms in total. The highest BCUT2D eigenvalue weighted by Crippen LogP contribution is 2.32. The predicted octanol–water partition coefficient (Wildman–Crippen LogP) is 4.19. The number of halogens is 1. The number of fused-ring (bicyclic) bond motifs is 1. The number of rotatable bonds is 4. The normalized spacial score (nSPS) is 15.7. The number of likely N-dealkylation sites (N-methyl/N-ethyl adjacent to an activating group) is 1. The summed E-state index contributed by atoms with van der Waals surface area (Å²) in [6, 6.07) is 12.1. The Balaban J connectivity index is 1.65. The van der Waals surface area contributed by atoms with Gasteiger partial charge in [0.1, 0.15) is 6.54 Å². The molecule has 1 aliphatic heterocycles. The maximum atomic E-state index is 13.0. The number of hydrogen-bond donors (Lipinski definition) is 0. The van der Waals surface area contributed by atoms with Crippen LogP contribution >= 0.6 is 22.9 Å². The van der Waals surface area contributed by atoms with Gasteiger partial charge in [-0.3, -0.25) is 4.79 Å². The molecule has 0 spiro atoms. The van der Waals surface area contributed by atoms with Crippen LogP contribution in [0.15, 0.2) is 41.8 Å². The molecule has 3 aromatic rings. The summed E-state index contributed by atoms with van der Waals surface area (Å²) in [5, 5.41) is 3.86. The molecule has 0 radical (unpaired) electrons. The van der Waals surface area contributed by atoms with Crippen molar-refractivity contribution in [1.29, 1.82) is 0 Å². The van der Waals surface area contributed by atoms with Crippen LogP contribution in [0.25, 0.3) is 21.5 Å². The Labute approximate surface area is 162 Å². The molecule has 6 heteroatoms. The van der Waals surface area contributed by atoms with Crippen molar-refractivity contribution in [3.05, 3.63) is 46.8 Å². The number of carbonyl (C=O) groups excluding carboxylic acids is 1.